The Morgan fingerprint density at radius 3 is 2.55 bits per heavy atom. The molecule has 0 bridgehead atoms. The molecule has 120 valence electrons. The predicted molar refractivity (Wildman–Crippen MR) is 77.1 cm³/mol. The molecule has 22 heavy (non-hydrogen) atoms. The molecule has 1 aliphatic heterocycles. The number of piperidine rings is 1. The molecule has 1 aliphatic rings. The number of amides is 2. The average molecular weight is 312 g/mol. The van der Waals surface area contributed by atoms with E-state index in [0.29, 0.717) is 25.9 Å². The van der Waals surface area contributed by atoms with Crippen LogP contribution in [0.5, 0.6) is 0 Å². The molecule has 1 saturated heterocycles. The van der Waals surface area contributed by atoms with Gasteiger partial charge in [0.2, 0.25) is 5.91 Å². The molecule has 1 fully saturated rings. The lowest BCUT2D eigenvalue weighted by Gasteiger charge is -2.31. The summed E-state index contributed by atoms with van der Waals surface area (Å²) in [6, 6.07) is 2.50. The summed E-state index contributed by atoms with van der Waals surface area (Å²) >= 11 is 0. The normalized spacial score (nSPS) is 22.9. The summed E-state index contributed by atoms with van der Waals surface area (Å²) in [6.45, 7) is 3.02. The molecule has 2 amide bonds. The molecule has 0 saturated carbocycles. The molecule has 2 rings (SSSR count). The Bertz CT molecular complexity index is 572. The number of hydrogen-bond donors (Lipinski definition) is 3. The second-order valence-corrected chi connectivity index (χ2v) is 5.67. The molecule has 7 heteroatoms. The first kappa shape index (κ1) is 16.4. The molecule has 4 N–H and O–H groups in total. The number of rotatable bonds is 4. The van der Waals surface area contributed by atoms with E-state index in [1.165, 1.54) is 0 Å². The maximum Gasteiger partial charge on any atom is 0.282 e. The Morgan fingerprint density at radius 2 is 1.95 bits per heavy atom. The van der Waals surface area contributed by atoms with Gasteiger partial charge in [-0.25, -0.2) is 8.78 Å². The van der Waals surface area contributed by atoms with E-state index in [1.54, 1.807) is 6.92 Å². The summed E-state index contributed by atoms with van der Waals surface area (Å²) in [5, 5.41) is 2.42. The Labute approximate surface area is 127 Å². The highest BCUT2D eigenvalue weighted by Gasteiger charge is 2.32. The number of benzene rings is 1. The molecule has 1 aromatic rings. The van der Waals surface area contributed by atoms with Crippen LogP contribution in [0.15, 0.2) is 18.2 Å². The van der Waals surface area contributed by atoms with Gasteiger partial charge < -0.3 is 16.0 Å². The quantitative estimate of drug-likeness (QED) is 0.736. The third kappa shape index (κ3) is 3.79. The minimum atomic E-state index is -0.676. The lowest BCUT2D eigenvalue weighted by Crippen LogP contribution is -3.17. The van der Waals surface area contributed by atoms with Crippen molar-refractivity contribution in [3.8, 4) is 0 Å². The van der Waals surface area contributed by atoms with E-state index in [0.717, 1.165) is 23.1 Å². The number of likely N-dealkylation sites (tertiary alicyclic amines) is 1. The highest BCUT2D eigenvalue weighted by atomic mass is 19.1. The van der Waals surface area contributed by atoms with Gasteiger partial charge >= 0.3 is 0 Å². The van der Waals surface area contributed by atoms with Gasteiger partial charge in [0.05, 0.1) is 18.8 Å². The number of hydrogen-bond acceptors (Lipinski definition) is 2. The molecule has 0 aromatic heterocycles. The van der Waals surface area contributed by atoms with Gasteiger partial charge in [-0.1, -0.05) is 0 Å². The fraction of sp³-hybridized carbons (Fsp3) is 0.467. The van der Waals surface area contributed by atoms with Gasteiger partial charge in [0.25, 0.3) is 5.91 Å². The summed E-state index contributed by atoms with van der Waals surface area (Å²) in [5.41, 5.74) is 5.11. The molecule has 0 radical (unpaired) electrons. The number of nitrogens with two attached hydrogens (primary N) is 1. The Kier molecular flexibility index (Phi) is 5.07. The summed E-state index contributed by atoms with van der Waals surface area (Å²) < 4.78 is 26.6. The minimum absolute atomic E-state index is 0.139. The summed E-state index contributed by atoms with van der Waals surface area (Å²) in [6.07, 6.45) is 1.27. The van der Waals surface area contributed by atoms with Gasteiger partial charge in [-0.15, -0.1) is 0 Å². The van der Waals surface area contributed by atoms with Crippen molar-refractivity contribution < 1.29 is 23.3 Å². The maximum atomic E-state index is 13.5. The molecule has 1 atom stereocenters. The lowest BCUT2D eigenvalue weighted by molar-refractivity contribution is -0.919. The number of primary amides is 1. The number of carbonyl (C=O) groups is 2. The highest BCUT2D eigenvalue weighted by molar-refractivity contribution is 5.93. The van der Waals surface area contributed by atoms with Gasteiger partial charge in [0.15, 0.2) is 6.04 Å². The average Bonchev–Trinajstić information content (AvgIpc) is 2.50. The largest absolute Gasteiger partial charge is 0.369 e. The zero-order valence-electron chi connectivity index (χ0n) is 12.4. The van der Waals surface area contributed by atoms with Crippen molar-refractivity contribution in [2.24, 2.45) is 11.7 Å². The van der Waals surface area contributed by atoms with E-state index >= 15 is 0 Å². The van der Waals surface area contributed by atoms with Crippen LogP contribution in [0.3, 0.4) is 0 Å². The Morgan fingerprint density at radius 1 is 1.32 bits per heavy atom. The van der Waals surface area contributed by atoms with E-state index in [2.05, 4.69) is 5.32 Å². The van der Waals surface area contributed by atoms with Gasteiger partial charge in [-0.3, -0.25) is 9.59 Å². The Balaban J connectivity index is 1.95. The molecule has 0 unspecified atom stereocenters. The van der Waals surface area contributed by atoms with Crippen LogP contribution >= 0.6 is 0 Å². The van der Waals surface area contributed by atoms with Gasteiger partial charge in [-0.2, -0.15) is 0 Å². The second-order valence-electron chi connectivity index (χ2n) is 5.67. The first-order valence-electron chi connectivity index (χ1n) is 7.28. The third-order valence-corrected chi connectivity index (χ3v) is 4.22. The van der Waals surface area contributed by atoms with Gasteiger partial charge in [0, 0.05) is 24.8 Å². The molecule has 5 nitrogen and oxygen atoms in total. The molecule has 1 heterocycles. The van der Waals surface area contributed by atoms with Crippen molar-refractivity contribution in [1.82, 2.24) is 0 Å². The lowest BCUT2D eigenvalue weighted by atomic mass is 9.95. The van der Waals surface area contributed by atoms with Crippen LogP contribution in [-0.2, 0) is 9.59 Å². The number of quaternary nitrogens is 1. The summed E-state index contributed by atoms with van der Waals surface area (Å²) in [4.78, 5) is 24.3. The number of nitrogens with one attached hydrogen (secondary N) is 2. The fourth-order valence-electron chi connectivity index (χ4n) is 2.73. The van der Waals surface area contributed by atoms with Crippen molar-refractivity contribution in [2.75, 3.05) is 18.4 Å². The van der Waals surface area contributed by atoms with E-state index in [1.807, 2.05) is 0 Å². The zero-order chi connectivity index (χ0) is 16.3. The summed E-state index contributed by atoms with van der Waals surface area (Å²) in [7, 11) is 0. The maximum absolute atomic E-state index is 13.5. The first-order chi connectivity index (χ1) is 10.4. The number of carbonyl (C=O) groups excluding carboxylic acids is 2. The number of anilines is 1. The van der Waals surface area contributed by atoms with Crippen LogP contribution in [0.4, 0.5) is 14.5 Å². The van der Waals surface area contributed by atoms with Crippen molar-refractivity contribution in [1.29, 1.82) is 0 Å². The van der Waals surface area contributed by atoms with Crippen molar-refractivity contribution >= 4 is 17.5 Å². The fourth-order valence-corrected chi connectivity index (χ4v) is 2.73. The van der Waals surface area contributed by atoms with Crippen molar-refractivity contribution in [2.45, 2.75) is 25.8 Å². The molecular formula is C15H20F2N3O2+. The van der Waals surface area contributed by atoms with E-state index in [9.17, 15) is 18.4 Å². The van der Waals surface area contributed by atoms with Crippen LogP contribution in [-0.4, -0.2) is 30.9 Å². The highest BCUT2D eigenvalue weighted by Crippen LogP contribution is 2.15. The first-order valence-corrected chi connectivity index (χ1v) is 7.28. The zero-order valence-corrected chi connectivity index (χ0v) is 12.4. The molecule has 0 aliphatic carbocycles. The smallest absolute Gasteiger partial charge is 0.282 e. The minimum Gasteiger partial charge on any atom is -0.369 e. The number of halogens is 2. The van der Waals surface area contributed by atoms with Gasteiger partial charge in [-0.05, 0) is 19.1 Å². The van der Waals surface area contributed by atoms with Gasteiger partial charge in [0.1, 0.15) is 11.6 Å². The standard InChI is InChI=1S/C15H19F2N3O2/c1-9(20-6-4-10(5-7-20)14(18)21)15(22)19-13-8-11(16)2-3-12(13)17/h2-3,8-10H,4-7H2,1H3,(H2,18,21)(H,19,22)/p+1/t9-/m1/s1. The molecule has 1 aromatic carbocycles. The van der Waals surface area contributed by atoms with Crippen LogP contribution in [0, 0.1) is 17.6 Å². The van der Waals surface area contributed by atoms with Crippen LogP contribution in [0.25, 0.3) is 0 Å². The molecular weight excluding hydrogens is 292 g/mol. The summed E-state index contributed by atoms with van der Waals surface area (Å²) in [5.74, 6) is -2.11. The SMILES string of the molecule is C[C@H](C(=O)Nc1cc(F)ccc1F)[NH+]1CCC(C(N)=O)CC1. The van der Waals surface area contributed by atoms with Crippen LogP contribution in [0.2, 0.25) is 0 Å². The van der Waals surface area contributed by atoms with Crippen LogP contribution in [0.1, 0.15) is 19.8 Å². The Hall–Kier alpha value is -2.02. The van der Waals surface area contributed by atoms with E-state index < -0.39 is 17.7 Å². The van der Waals surface area contributed by atoms with Crippen LogP contribution < -0.4 is 16.0 Å². The van der Waals surface area contributed by atoms with E-state index in [4.69, 9.17) is 5.73 Å². The monoisotopic (exact) mass is 312 g/mol. The molecule has 0 spiro atoms. The van der Waals surface area contributed by atoms with E-state index in [-0.39, 0.29) is 23.4 Å². The van der Waals surface area contributed by atoms with Crippen molar-refractivity contribution in [3.63, 3.8) is 0 Å². The second kappa shape index (κ2) is 6.83. The van der Waals surface area contributed by atoms with Crippen molar-refractivity contribution in [3.05, 3.63) is 29.8 Å². The topological polar surface area (TPSA) is 76.6 Å². The third-order valence-electron chi connectivity index (χ3n) is 4.22. The predicted octanol–water partition coefficient (Wildman–Crippen LogP) is 0.0720.